The van der Waals surface area contributed by atoms with Crippen LogP contribution in [-0.2, 0) is 0 Å². The Hall–Kier alpha value is -2.89. The van der Waals surface area contributed by atoms with Crippen molar-refractivity contribution in [2.24, 2.45) is 5.10 Å². The summed E-state index contributed by atoms with van der Waals surface area (Å²) in [5, 5.41) is 8.32. The van der Waals surface area contributed by atoms with Gasteiger partial charge < -0.3 is 14.2 Å². The van der Waals surface area contributed by atoms with Gasteiger partial charge in [-0.05, 0) is 54.1 Å². The normalized spacial score (nSPS) is 19.2. The number of fused-ring (bicyclic) bond motifs is 3. The van der Waals surface area contributed by atoms with Crippen molar-refractivity contribution >= 4 is 28.9 Å². The smallest absolute Gasteiger partial charge is 0.217 e. The maximum atomic E-state index is 6.44. The molecule has 0 fully saturated rings. The van der Waals surface area contributed by atoms with Crippen LogP contribution >= 0.6 is 23.2 Å². The van der Waals surface area contributed by atoms with Gasteiger partial charge in [0.2, 0.25) is 6.23 Å². The SMILES string of the molecule is COc1ccc(OC)c([C@H]2Oc3ccc(Cl)cc3[C@H]3CC(c4ccc(Cl)cc4)=NN32)c1. The van der Waals surface area contributed by atoms with Crippen molar-refractivity contribution in [3.63, 3.8) is 0 Å². The molecular formula is C24H20Cl2N2O3. The minimum Gasteiger partial charge on any atom is -0.497 e. The lowest BCUT2D eigenvalue weighted by molar-refractivity contribution is -0.0204. The fourth-order valence-electron chi connectivity index (χ4n) is 4.11. The van der Waals surface area contributed by atoms with Crippen molar-refractivity contribution in [3.05, 3.63) is 87.4 Å². The van der Waals surface area contributed by atoms with E-state index in [1.165, 1.54) is 0 Å². The number of ether oxygens (including phenoxy) is 3. The van der Waals surface area contributed by atoms with Crippen molar-refractivity contribution in [2.45, 2.75) is 18.7 Å². The van der Waals surface area contributed by atoms with Gasteiger partial charge in [0.25, 0.3) is 0 Å². The lowest BCUT2D eigenvalue weighted by Gasteiger charge is -2.38. The molecule has 2 atom stereocenters. The summed E-state index contributed by atoms with van der Waals surface area (Å²) in [6, 6.07) is 19.1. The molecule has 0 saturated carbocycles. The average molecular weight is 455 g/mol. The summed E-state index contributed by atoms with van der Waals surface area (Å²) in [4.78, 5) is 0. The van der Waals surface area contributed by atoms with Gasteiger partial charge in [-0.15, -0.1) is 0 Å². The summed E-state index contributed by atoms with van der Waals surface area (Å²) in [5.41, 5.74) is 3.84. The molecule has 0 bridgehead atoms. The third kappa shape index (κ3) is 3.58. The summed E-state index contributed by atoms with van der Waals surface area (Å²) >= 11 is 12.4. The van der Waals surface area contributed by atoms with Crippen LogP contribution in [0.5, 0.6) is 17.2 Å². The number of methoxy groups -OCH3 is 2. The molecule has 0 spiro atoms. The van der Waals surface area contributed by atoms with Crippen LogP contribution in [0, 0.1) is 0 Å². The Morgan fingerprint density at radius 3 is 2.42 bits per heavy atom. The minimum atomic E-state index is -0.478. The summed E-state index contributed by atoms with van der Waals surface area (Å²) in [6.45, 7) is 0. The van der Waals surface area contributed by atoms with Crippen LogP contribution in [0.2, 0.25) is 10.0 Å². The topological polar surface area (TPSA) is 43.3 Å². The monoisotopic (exact) mass is 454 g/mol. The fraction of sp³-hybridized carbons (Fsp3) is 0.208. The number of benzene rings is 3. The first-order valence-corrected chi connectivity index (χ1v) is 10.6. The van der Waals surface area contributed by atoms with E-state index in [-0.39, 0.29) is 6.04 Å². The summed E-state index contributed by atoms with van der Waals surface area (Å²) in [5.74, 6) is 2.21. The highest BCUT2D eigenvalue weighted by molar-refractivity contribution is 6.31. The molecule has 2 aliphatic heterocycles. The number of hydrazone groups is 1. The molecule has 5 rings (SSSR count). The van der Waals surface area contributed by atoms with Crippen molar-refractivity contribution < 1.29 is 14.2 Å². The molecule has 3 aromatic rings. The van der Waals surface area contributed by atoms with E-state index in [1.807, 2.05) is 65.7 Å². The van der Waals surface area contributed by atoms with Crippen LogP contribution in [0.25, 0.3) is 0 Å². The molecule has 0 aliphatic carbocycles. The molecule has 2 heterocycles. The zero-order valence-corrected chi connectivity index (χ0v) is 18.5. The van der Waals surface area contributed by atoms with E-state index in [2.05, 4.69) is 0 Å². The van der Waals surface area contributed by atoms with E-state index in [9.17, 15) is 0 Å². The maximum Gasteiger partial charge on any atom is 0.217 e. The molecule has 0 N–H and O–H groups in total. The van der Waals surface area contributed by atoms with Crippen molar-refractivity contribution in [3.8, 4) is 17.2 Å². The largest absolute Gasteiger partial charge is 0.497 e. The predicted octanol–water partition coefficient (Wildman–Crippen LogP) is 6.25. The van der Waals surface area contributed by atoms with Gasteiger partial charge in [0.15, 0.2) is 0 Å². The third-order valence-corrected chi connectivity index (χ3v) is 6.12. The van der Waals surface area contributed by atoms with Gasteiger partial charge in [0.05, 0.1) is 31.5 Å². The van der Waals surface area contributed by atoms with Crippen LogP contribution in [0.15, 0.2) is 65.8 Å². The van der Waals surface area contributed by atoms with Gasteiger partial charge in [-0.25, -0.2) is 5.01 Å². The highest BCUT2D eigenvalue weighted by atomic mass is 35.5. The van der Waals surface area contributed by atoms with E-state index in [0.29, 0.717) is 15.8 Å². The van der Waals surface area contributed by atoms with Crippen LogP contribution < -0.4 is 14.2 Å². The van der Waals surface area contributed by atoms with E-state index in [1.54, 1.807) is 14.2 Å². The molecule has 0 amide bonds. The van der Waals surface area contributed by atoms with E-state index in [4.69, 9.17) is 42.5 Å². The molecule has 0 unspecified atom stereocenters. The Bertz CT molecular complexity index is 1160. The molecule has 5 nitrogen and oxygen atoms in total. The molecule has 31 heavy (non-hydrogen) atoms. The highest BCUT2D eigenvalue weighted by Gasteiger charge is 2.42. The second kappa shape index (κ2) is 7.98. The minimum absolute atomic E-state index is 0.0194. The van der Waals surface area contributed by atoms with Gasteiger partial charge in [0, 0.05) is 22.0 Å². The molecule has 158 valence electrons. The number of hydrogen-bond donors (Lipinski definition) is 0. The van der Waals surface area contributed by atoms with Crippen LogP contribution in [0.4, 0.5) is 0 Å². The molecular weight excluding hydrogens is 435 g/mol. The average Bonchev–Trinajstić information content (AvgIpc) is 3.24. The Balaban J connectivity index is 1.63. The lowest BCUT2D eigenvalue weighted by atomic mass is 9.96. The second-order valence-electron chi connectivity index (χ2n) is 7.41. The van der Waals surface area contributed by atoms with Gasteiger partial charge in [0.1, 0.15) is 17.2 Å². The predicted molar refractivity (Wildman–Crippen MR) is 122 cm³/mol. The standard InChI is InChI=1S/C24H20Cl2N2O3/c1-29-17-8-10-22(30-2)19(12-17)24-28-21(18-11-16(26)7-9-23(18)31-24)13-20(27-28)14-3-5-15(25)6-4-14/h3-12,21,24H,13H2,1-2H3/t21-,24-/m1/s1. The third-order valence-electron chi connectivity index (χ3n) is 5.63. The highest BCUT2D eigenvalue weighted by Crippen LogP contribution is 2.49. The van der Waals surface area contributed by atoms with Gasteiger partial charge in [-0.3, -0.25) is 0 Å². The Morgan fingerprint density at radius 1 is 0.903 bits per heavy atom. The summed E-state index contributed by atoms with van der Waals surface area (Å²) in [6.07, 6.45) is 0.245. The first-order chi connectivity index (χ1) is 15.1. The molecule has 0 radical (unpaired) electrons. The Kier molecular flexibility index (Phi) is 5.16. The number of halogens is 2. The molecule has 7 heteroatoms. The fourth-order valence-corrected chi connectivity index (χ4v) is 4.42. The second-order valence-corrected chi connectivity index (χ2v) is 8.29. The zero-order valence-electron chi connectivity index (χ0n) is 17.0. The van der Waals surface area contributed by atoms with E-state index in [0.717, 1.165) is 40.3 Å². The van der Waals surface area contributed by atoms with Crippen LogP contribution in [0.3, 0.4) is 0 Å². The van der Waals surface area contributed by atoms with E-state index < -0.39 is 6.23 Å². The van der Waals surface area contributed by atoms with Crippen molar-refractivity contribution in [1.82, 2.24) is 5.01 Å². The summed E-state index contributed by atoms with van der Waals surface area (Å²) < 4.78 is 17.5. The Labute approximate surface area is 190 Å². The molecule has 0 aromatic heterocycles. The van der Waals surface area contributed by atoms with Crippen molar-refractivity contribution in [2.75, 3.05) is 14.2 Å². The first-order valence-electron chi connectivity index (χ1n) is 9.87. The van der Waals surface area contributed by atoms with Gasteiger partial charge in [-0.1, -0.05) is 35.3 Å². The van der Waals surface area contributed by atoms with Crippen molar-refractivity contribution in [1.29, 1.82) is 0 Å². The quantitative estimate of drug-likeness (QED) is 0.466. The van der Waals surface area contributed by atoms with E-state index >= 15 is 0 Å². The molecule has 3 aromatic carbocycles. The van der Waals surface area contributed by atoms with Gasteiger partial charge in [-0.2, -0.15) is 5.10 Å². The summed E-state index contributed by atoms with van der Waals surface area (Å²) in [7, 11) is 3.28. The lowest BCUT2D eigenvalue weighted by Crippen LogP contribution is -2.34. The molecule has 0 saturated heterocycles. The maximum absolute atomic E-state index is 6.44. The molecule has 2 aliphatic rings. The van der Waals surface area contributed by atoms with Gasteiger partial charge >= 0.3 is 0 Å². The van der Waals surface area contributed by atoms with Crippen LogP contribution in [0.1, 0.15) is 35.4 Å². The number of hydrogen-bond acceptors (Lipinski definition) is 5. The Morgan fingerprint density at radius 2 is 1.68 bits per heavy atom. The zero-order chi connectivity index (χ0) is 21.5. The number of rotatable bonds is 4. The van der Waals surface area contributed by atoms with Crippen LogP contribution in [-0.4, -0.2) is 24.9 Å². The number of nitrogens with zero attached hydrogens (tertiary/aromatic N) is 2. The first kappa shape index (κ1) is 20.0.